The summed E-state index contributed by atoms with van der Waals surface area (Å²) in [5.41, 5.74) is 2.13. The highest BCUT2D eigenvalue weighted by Gasteiger charge is 2.57. The Hall–Kier alpha value is -0.300. The van der Waals surface area contributed by atoms with Gasteiger partial charge in [0.25, 0.3) is 0 Å². The Morgan fingerprint density at radius 3 is 2.90 bits per heavy atom. The number of hydrogen-bond acceptors (Lipinski definition) is 1. The molecule has 0 bridgehead atoms. The summed E-state index contributed by atoms with van der Waals surface area (Å²) in [6, 6.07) is 0. The summed E-state index contributed by atoms with van der Waals surface area (Å²) in [4.78, 5) is 0. The van der Waals surface area contributed by atoms with E-state index in [2.05, 4.69) is 13.0 Å². The smallest absolute Gasteiger partial charge is 0.0599 e. The molecule has 1 N–H and O–H groups in total. The topological polar surface area (TPSA) is 20.2 Å². The first-order chi connectivity index (χ1) is 10.3. The van der Waals surface area contributed by atoms with E-state index in [1.165, 1.54) is 64.2 Å². The fraction of sp³-hybridized carbons (Fsp3) is 0.900. The van der Waals surface area contributed by atoms with Gasteiger partial charge < -0.3 is 5.11 Å². The van der Waals surface area contributed by atoms with Crippen molar-refractivity contribution in [1.29, 1.82) is 0 Å². The molecule has 6 atom stereocenters. The molecular weight excluding hydrogens is 256 g/mol. The Labute approximate surface area is 130 Å². The van der Waals surface area contributed by atoms with E-state index in [-0.39, 0.29) is 6.10 Å². The Bertz CT molecular complexity index is 426. The van der Waals surface area contributed by atoms with Crippen molar-refractivity contribution < 1.29 is 5.11 Å². The van der Waals surface area contributed by atoms with Gasteiger partial charge in [0.15, 0.2) is 0 Å². The first-order valence-electron chi connectivity index (χ1n) is 9.63. The number of rotatable bonds is 2. The molecule has 0 saturated heterocycles. The van der Waals surface area contributed by atoms with E-state index in [9.17, 15) is 5.11 Å². The van der Waals surface area contributed by atoms with Gasteiger partial charge in [-0.3, -0.25) is 0 Å². The van der Waals surface area contributed by atoms with Crippen molar-refractivity contribution in [3.8, 4) is 0 Å². The molecule has 4 aliphatic carbocycles. The van der Waals surface area contributed by atoms with E-state index in [1.807, 2.05) is 5.57 Å². The van der Waals surface area contributed by atoms with Crippen LogP contribution in [0.1, 0.15) is 77.6 Å². The van der Waals surface area contributed by atoms with E-state index < -0.39 is 0 Å². The van der Waals surface area contributed by atoms with Gasteiger partial charge in [-0.25, -0.2) is 0 Å². The van der Waals surface area contributed by atoms with Gasteiger partial charge in [-0.1, -0.05) is 25.0 Å². The third kappa shape index (κ3) is 2.06. The van der Waals surface area contributed by atoms with Crippen LogP contribution < -0.4 is 0 Å². The molecule has 0 spiro atoms. The van der Waals surface area contributed by atoms with E-state index in [1.54, 1.807) is 0 Å². The Morgan fingerprint density at radius 2 is 2.05 bits per heavy atom. The van der Waals surface area contributed by atoms with Gasteiger partial charge in [0.1, 0.15) is 0 Å². The third-order valence-electron chi connectivity index (χ3n) is 7.76. The quantitative estimate of drug-likeness (QED) is 0.702. The Kier molecular flexibility index (Phi) is 3.68. The van der Waals surface area contributed by atoms with Crippen LogP contribution in [-0.4, -0.2) is 11.2 Å². The Morgan fingerprint density at radius 1 is 1.14 bits per heavy atom. The first kappa shape index (κ1) is 14.3. The first-order valence-corrected chi connectivity index (χ1v) is 9.63. The van der Waals surface area contributed by atoms with Crippen molar-refractivity contribution in [3.63, 3.8) is 0 Å². The van der Waals surface area contributed by atoms with E-state index in [0.717, 1.165) is 30.1 Å². The lowest BCUT2D eigenvalue weighted by Gasteiger charge is -2.54. The van der Waals surface area contributed by atoms with Gasteiger partial charge in [0, 0.05) is 0 Å². The van der Waals surface area contributed by atoms with Crippen LogP contribution in [0.5, 0.6) is 0 Å². The molecule has 0 aromatic heterocycles. The maximum Gasteiger partial charge on any atom is 0.0599 e. The molecule has 1 nitrogen and oxygen atoms in total. The van der Waals surface area contributed by atoms with Crippen LogP contribution in [0, 0.1) is 29.1 Å². The van der Waals surface area contributed by atoms with Crippen LogP contribution >= 0.6 is 0 Å². The highest BCUT2D eigenvalue weighted by atomic mass is 16.3. The maximum absolute atomic E-state index is 10.7. The van der Waals surface area contributed by atoms with E-state index in [0.29, 0.717) is 5.41 Å². The molecular formula is C20H32O. The molecule has 3 saturated carbocycles. The van der Waals surface area contributed by atoms with Crippen LogP contribution in [0.25, 0.3) is 0 Å². The summed E-state index contributed by atoms with van der Waals surface area (Å²) in [5.74, 6) is 3.66. The van der Waals surface area contributed by atoms with Gasteiger partial charge in [0.05, 0.1) is 6.10 Å². The molecule has 0 radical (unpaired) electrons. The lowest BCUT2D eigenvalue weighted by Crippen LogP contribution is -2.48. The fourth-order valence-corrected chi connectivity index (χ4v) is 7.03. The standard InChI is InChI=1S/C20H32O/c1-2-12-20-13-11-16-15-6-4-3-5-14(15)7-8-17(16)18(20)9-10-19(20)21/h5,15-19,21H,2-4,6-13H2,1H3/t15-,16+,17+,18-,19-,20-/m0/s1. The predicted molar refractivity (Wildman–Crippen MR) is 86.9 cm³/mol. The van der Waals surface area contributed by atoms with Crippen molar-refractivity contribution >= 4 is 0 Å². The second-order valence-corrected chi connectivity index (χ2v) is 8.40. The van der Waals surface area contributed by atoms with Crippen molar-refractivity contribution in [1.82, 2.24) is 0 Å². The Balaban J connectivity index is 1.62. The number of fused-ring (bicyclic) bond motifs is 5. The van der Waals surface area contributed by atoms with Crippen LogP contribution in [0.2, 0.25) is 0 Å². The van der Waals surface area contributed by atoms with Gasteiger partial charge in [0.2, 0.25) is 0 Å². The van der Waals surface area contributed by atoms with Crippen LogP contribution in [0.15, 0.2) is 11.6 Å². The van der Waals surface area contributed by atoms with Crippen LogP contribution in [0.4, 0.5) is 0 Å². The predicted octanol–water partition coefficient (Wildman–Crippen LogP) is 5.09. The molecule has 0 aromatic carbocycles. The second kappa shape index (κ2) is 5.41. The minimum Gasteiger partial charge on any atom is -0.393 e. The average molecular weight is 288 g/mol. The molecule has 0 aromatic rings. The summed E-state index contributed by atoms with van der Waals surface area (Å²) >= 11 is 0. The third-order valence-corrected chi connectivity index (χ3v) is 7.76. The molecule has 0 unspecified atom stereocenters. The number of hydrogen-bond donors (Lipinski definition) is 1. The zero-order valence-corrected chi connectivity index (χ0v) is 13.7. The molecule has 1 heteroatoms. The number of aliphatic hydroxyl groups is 1. The maximum atomic E-state index is 10.7. The molecule has 4 aliphatic rings. The minimum atomic E-state index is 0.00620. The summed E-state index contributed by atoms with van der Waals surface area (Å²) < 4.78 is 0. The molecule has 21 heavy (non-hydrogen) atoms. The molecule has 3 fully saturated rings. The highest BCUT2D eigenvalue weighted by molar-refractivity contribution is 5.18. The van der Waals surface area contributed by atoms with Crippen LogP contribution in [0.3, 0.4) is 0 Å². The van der Waals surface area contributed by atoms with Crippen molar-refractivity contribution in [2.24, 2.45) is 29.1 Å². The van der Waals surface area contributed by atoms with Gasteiger partial charge >= 0.3 is 0 Å². The van der Waals surface area contributed by atoms with Gasteiger partial charge in [-0.15, -0.1) is 0 Å². The number of allylic oxidation sites excluding steroid dienone is 2. The second-order valence-electron chi connectivity index (χ2n) is 8.40. The van der Waals surface area contributed by atoms with E-state index in [4.69, 9.17) is 0 Å². The largest absolute Gasteiger partial charge is 0.393 e. The van der Waals surface area contributed by atoms with Gasteiger partial charge in [-0.05, 0) is 93.3 Å². The average Bonchev–Trinajstić information content (AvgIpc) is 2.85. The lowest BCUT2D eigenvalue weighted by molar-refractivity contribution is -0.0704. The zero-order valence-electron chi connectivity index (χ0n) is 13.7. The molecule has 4 rings (SSSR count). The van der Waals surface area contributed by atoms with Crippen molar-refractivity contribution in [3.05, 3.63) is 11.6 Å². The minimum absolute atomic E-state index is 0.00620. The van der Waals surface area contributed by atoms with E-state index >= 15 is 0 Å². The number of aliphatic hydroxyl groups excluding tert-OH is 1. The zero-order chi connectivity index (χ0) is 14.4. The summed E-state index contributed by atoms with van der Waals surface area (Å²) in [6.07, 6.45) is 17.3. The fourth-order valence-electron chi connectivity index (χ4n) is 7.03. The molecule has 0 amide bonds. The van der Waals surface area contributed by atoms with Gasteiger partial charge in [-0.2, -0.15) is 0 Å². The van der Waals surface area contributed by atoms with Crippen molar-refractivity contribution in [2.75, 3.05) is 0 Å². The monoisotopic (exact) mass is 288 g/mol. The van der Waals surface area contributed by atoms with Crippen LogP contribution in [-0.2, 0) is 0 Å². The molecule has 0 aliphatic heterocycles. The summed E-state index contributed by atoms with van der Waals surface area (Å²) in [5, 5.41) is 10.7. The lowest BCUT2D eigenvalue weighted by atomic mass is 9.51. The summed E-state index contributed by atoms with van der Waals surface area (Å²) in [6.45, 7) is 2.31. The molecule has 0 heterocycles. The van der Waals surface area contributed by atoms with Crippen molar-refractivity contribution in [2.45, 2.75) is 83.7 Å². The highest BCUT2D eigenvalue weighted by Crippen LogP contribution is 2.63. The normalized spacial score (nSPS) is 49.0. The SMILES string of the molecule is CCC[C@]12CC[C@H]3[C@@H](CCC4=CCCC[C@@H]43)[C@@H]1CC[C@@H]2O. The summed E-state index contributed by atoms with van der Waals surface area (Å²) in [7, 11) is 0. The molecule has 118 valence electrons.